The zero-order chi connectivity index (χ0) is 8.20. The first kappa shape index (κ1) is 9.50. The predicted molar refractivity (Wildman–Crippen MR) is 48.4 cm³/mol. The van der Waals surface area contributed by atoms with Gasteiger partial charge in [0.25, 0.3) is 0 Å². The smallest absolute Gasteiger partial charge is 0.242 e. The minimum Gasteiger partial charge on any atom is -0.545 e. The lowest BCUT2D eigenvalue weighted by molar-refractivity contribution is 0.441. The summed E-state index contributed by atoms with van der Waals surface area (Å²) in [6, 6.07) is 0. The average molecular weight is 156 g/mol. The van der Waals surface area contributed by atoms with E-state index in [1.54, 1.807) is 6.08 Å². The number of allylic oxidation sites excluding steroid dienone is 2. The summed E-state index contributed by atoms with van der Waals surface area (Å²) in [7, 11) is -1.40. The zero-order valence-corrected chi connectivity index (χ0v) is 8.27. The summed E-state index contributed by atoms with van der Waals surface area (Å²) in [5.41, 5.74) is 0. The molecule has 0 rings (SSSR count). The Labute approximate surface area is 64.5 Å². The molecule has 0 radical (unpaired) electrons. The van der Waals surface area contributed by atoms with Gasteiger partial charge in [0.05, 0.1) is 5.76 Å². The highest BCUT2D eigenvalue weighted by Crippen LogP contribution is 2.10. The summed E-state index contributed by atoms with van der Waals surface area (Å²) in [6.07, 6.45) is 3.68. The van der Waals surface area contributed by atoms with E-state index >= 15 is 0 Å². The molecule has 10 heavy (non-hydrogen) atoms. The van der Waals surface area contributed by atoms with Crippen LogP contribution in [0.5, 0.6) is 0 Å². The molecule has 2 heteroatoms. The quantitative estimate of drug-likeness (QED) is 0.347. The van der Waals surface area contributed by atoms with Gasteiger partial charge in [-0.15, -0.1) is 0 Å². The van der Waals surface area contributed by atoms with Crippen LogP contribution in [-0.4, -0.2) is 8.32 Å². The number of hydrogen-bond donors (Lipinski definition) is 0. The molecule has 0 aromatic rings. The van der Waals surface area contributed by atoms with Gasteiger partial charge in [0.2, 0.25) is 8.32 Å². The van der Waals surface area contributed by atoms with Crippen LogP contribution in [-0.2, 0) is 4.43 Å². The molecule has 0 N–H and O–H groups in total. The molecule has 0 spiro atoms. The Morgan fingerprint density at radius 2 is 1.90 bits per heavy atom. The van der Waals surface area contributed by atoms with E-state index in [0.29, 0.717) is 0 Å². The maximum atomic E-state index is 5.62. The molecule has 0 unspecified atom stereocenters. The summed E-state index contributed by atoms with van der Waals surface area (Å²) >= 11 is 0. The minimum absolute atomic E-state index is 0.902. The van der Waals surface area contributed by atoms with E-state index in [4.69, 9.17) is 4.43 Å². The summed E-state index contributed by atoms with van der Waals surface area (Å²) < 4.78 is 5.62. The van der Waals surface area contributed by atoms with Crippen molar-refractivity contribution in [3.05, 3.63) is 24.5 Å². The van der Waals surface area contributed by atoms with Crippen molar-refractivity contribution in [1.29, 1.82) is 0 Å². The average Bonchev–Trinajstić information content (AvgIpc) is 1.81. The van der Waals surface area contributed by atoms with Gasteiger partial charge >= 0.3 is 0 Å². The molecular weight excluding hydrogens is 140 g/mol. The van der Waals surface area contributed by atoms with Crippen molar-refractivity contribution in [2.24, 2.45) is 0 Å². The lowest BCUT2D eigenvalue weighted by atomic mass is 10.5. The Balaban J connectivity index is 4.01. The van der Waals surface area contributed by atoms with Crippen molar-refractivity contribution in [3.8, 4) is 0 Å². The molecule has 0 bridgehead atoms. The van der Waals surface area contributed by atoms with Crippen molar-refractivity contribution in [2.45, 2.75) is 26.6 Å². The highest BCUT2D eigenvalue weighted by Gasteiger charge is 2.15. The first-order chi connectivity index (χ1) is 4.49. The molecule has 0 saturated heterocycles. The molecule has 0 aliphatic rings. The molecule has 0 saturated carbocycles. The van der Waals surface area contributed by atoms with Crippen molar-refractivity contribution < 1.29 is 4.43 Å². The van der Waals surface area contributed by atoms with Crippen molar-refractivity contribution in [1.82, 2.24) is 0 Å². The monoisotopic (exact) mass is 156 g/mol. The van der Waals surface area contributed by atoms with E-state index in [1.807, 2.05) is 13.0 Å². The summed E-state index contributed by atoms with van der Waals surface area (Å²) in [5.74, 6) is 0.902. The summed E-state index contributed by atoms with van der Waals surface area (Å²) in [5, 5.41) is 0. The second kappa shape index (κ2) is 3.61. The van der Waals surface area contributed by atoms with E-state index in [2.05, 4.69) is 26.2 Å². The van der Waals surface area contributed by atoms with Crippen LogP contribution in [0, 0.1) is 0 Å². The molecule has 0 aliphatic carbocycles. The van der Waals surface area contributed by atoms with Crippen LogP contribution in [0.3, 0.4) is 0 Å². The largest absolute Gasteiger partial charge is 0.545 e. The molecule has 0 heterocycles. The molecule has 0 fully saturated rings. The first-order valence-electron chi connectivity index (χ1n) is 3.47. The summed E-state index contributed by atoms with van der Waals surface area (Å²) in [6.45, 7) is 12.1. The molecule has 0 amide bonds. The molecule has 0 aromatic heterocycles. The second-order valence-electron chi connectivity index (χ2n) is 3.11. The standard InChI is InChI=1S/C8H16OSi/c1-6-8(7-2)9-10(3,4)5/h6-7H,1H2,2-5H3/b8-7+. The number of rotatable bonds is 3. The van der Waals surface area contributed by atoms with Gasteiger partial charge in [-0.05, 0) is 38.7 Å². The maximum Gasteiger partial charge on any atom is 0.242 e. The first-order valence-corrected chi connectivity index (χ1v) is 6.88. The Hall–Kier alpha value is -0.503. The van der Waals surface area contributed by atoms with E-state index in [-0.39, 0.29) is 0 Å². The third-order valence-electron chi connectivity index (χ3n) is 0.910. The highest BCUT2D eigenvalue weighted by molar-refractivity contribution is 6.70. The maximum absolute atomic E-state index is 5.62. The van der Waals surface area contributed by atoms with Gasteiger partial charge < -0.3 is 4.43 Å². The van der Waals surface area contributed by atoms with Crippen LogP contribution < -0.4 is 0 Å². The minimum atomic E-state index is -1.40. The third-order valence-corrected chi connectivity index (χ3v) is 1.76. The van der Waals surface area contributed by atoms with Crippen molar-refractivity contribution in [3.63, 3.8) is 0 Å². The SMILES string of the molecule is C=C/C(=C\C)O[Si](C)(C)C. The Morgan fingerprint density at radius 3 is 2.00 bits per heavy atom. The second-order valence-corrected chi connectivity index (χ2v) is 7.54. The van der Waals surface area contributed by atoms with Crippen molar-refractivity contribution >= 4 is 8.32 Å². The van der Waals surface area contributed by atoms with E-state index in [9.17, 15) is 0 Å². The Bertz CT molecular complexity index is 142. The third kappa shape index (κ3) is 4.38. The fraction of sp³-hybridized carbons (Fsp3) is 0.500. The van der Waals surface area contributed by atoms with E-state index < -0.39 is 8.32 Å². The van der Waals surface area contributed by atoms with Gasteiger partial charge in [0, 0.05) is 0 Å². The van der Waals surface area contributed by atoms with Crippen LogP contribution in [0.15, 0.2) is 24.5 Å². The van der Waals surface area contributed by atoms with Crippen LogP contribution in [0.4, 0.5) is 0 Å². The normalized spacial score (nSPS) is 13.0. The number of hydrogen-bond acceptors (Lipinski definition) is 1. The molecule has 1 nitrogen and oxygen atoms in total. The predicted octanol–water partition coefficient (Wildman–Crippen LogP) is 2.93. The molecule has 0 atom stereocenters. The Kier molecular flexibility index (Phi) is 3.43. The van der Waals surface area contributed by atoms with Crippen LogP contribution in [0.25, 0.3) is 0 Å². The van der Waals surface area contributed by atoms with Crippen LogP contribution >= 0.6 is 0 Å². The van der Waals surface area contributed by atoms with Crippen LogP contribution in [0.2, 0.25) is 19.6 Å². The fourth-order valence-electron chi connectivity index (χ4n) is 0.572. The molecule has 58 valence electrons. The van der Waals surface area contributed by atoms with Gasteiger partial charge in [-0.3, -0.25) is 0 Å². The van der Waals surface area contributed by atoms with Gasteiger partial charge in [-0.2, -0.15) is 0 Å². The lowest BCUT2D eigenvalue weighted by Gasteiger charge is -2.19. The van der Waals surface area contributed by atoms with Gasteiger partial charge in [-0.1, -0.05) is 6.58 Å². The molecule has 0 aromatic carbocycles. The lowest BCUT2D eigenvalue weighted by Crippen LogP contribution is -2.24. The van der Waals surface area contributed by atoms with Gasteiger partial charge in [0.1, 0.15) is 0 Å². The highest BCUT2D eigenvalue weighted by atomic mass is 28.4. The van der Waals surface area contributed by atoms with Crippen molar-refractivity contribution in [2.75, 3.05) is 0 Å². The summed E-state index contributed by atoms with van der Waals surface area (Å²) in [4.78, 5) is 0. The van der Waals surface area contributed by atoms with Crippen LogP contribution in [0.1, 0.15) is 6.92 Å². The van der Waals surface area contributed by atoms with Gasteiger partial charge in [-0.25, -0.2) is 0 Å². The molecular formula is C8H16OSi. The Morgan fingerprint density at radius 1 is 1.40 bits per heavy atom. The fourth-order valence-corrected chi connectivity index (χ4v) is 1.48. The molecule has 0 aliphatic heterocycles. The van der Waals surface area contributed by atoms with E-state index in [0.717, 1.165) is 5.76 Å². The van der Waals surface area contributed by atoms with E-state index in [1.165, 1.54) is 0 Å². The topological polar surface area (TPSA) is 9.23 Å². The van der Waals surface area contributed by atoms with Gasteiger partial charge in [0.15, 0.2) is 0 Å². The zero-order valence-electron chi connectivity index (χ0n) is 7.27.